The quantitative estimate of drug-likeness (QED) is 0.314. The number of methoxy groups -OCH3 is 2. The lowest BCUT2D eigenvalue weighted by Gasteiger charge is -2.18. The van der Waals surface area contributed by atoms with Gasteiger partial charge in [-0.2, -0.15) is 0 Å². The third kappa shape index (κ3) is 5.73. The summed E-state index contributed by atoms with van der Waals surface area (Å²) in [6.07, 6.45) is 0. The van der Waals surface area contributed by atoms with Crippen molar-refractivity contribution in [3.05, 3.63) is 88.8 Å². The molecule has 1 amide bonds. The van der Waals surface area contributed by atoms with Crippen LogP contribution in [0.3, 0.4) is 0 Å². The van der Waals surface area contributed by atoms with Crippen LogP contribution in [-0.2, 0) is 13.2 Å². The van der Waals surface area contributed by atoms with E-state index < -0.39 is 0 Å². The Hall–Kier alpha value is -4.04. The highest BCUT2D eigenvalue weighted by molar-refractivity contribution is 6.31. The van der Waals surface area contributed by atoms with Gasteiger partial charge in [-0.3, -0.25) is 4.79 Å². The van der Waals surface area contributed by atoms with Gasteiger partial charge < -0.3 is 23.5 Å². The standard InChI is InChI=1S/C26H24ClN3O5/c1-30(15-24-28-29-25(35-24)18-9-11-22(32-2)23(13-18)33-3)26(31)20-14-19(27)10-12-21(20)34-16-17-7-5-4-6-8-17/h4-14H,15-16H2,1-3H3. The summed E-state index contributed by atoms with van der Waals surface area (Å²) in [5.41, 5.74) is 2.00. The molecule has 3 aromatic carbocycles. The molecule has 0 bridgehead atoms. The van der Waals surface area contributed by atoms with Gasteiger partial charge in [-0.1, -0.05) is 41.9 Å². The fraction of sp³-hybridized carbons (Fsp3) is 0.192. The molecule has 35 heavy (non-hydrogen) atoms. The number of rotatable bonds is 9. The number of benzene rings is 3. The SMILES string of the molecule is COc1ccc(-c2nnc(CN(C)C(=O)c3cc(Cl)ccc3OCc3ccccc3)o2)cc1OC. The first-order valence-electron chi connectivity index (χ1n) is 10.7. The van der Waals surface area contributed by atoms with Crippen molar-refractivity contribution in [3.63, 3.8) is 0 Å². The number of carbonyl (C=O) groups excluding carboxylic acids is 1. The molecule has 9 heteroatoms. The van der Waals surface area contributed by atoms with Crippen LogP contribution >= 0.6 is 11.6 Å². The number of halogens is 1. The van der Waals surface area contributed by atoms with E-state index in [0.29, 0.717) is 45.9 Å². The Kier molecular flexibility index (Phi) is 7.52. The van der Waals surface area contributed by atoms with Crippen LogP contribution in [0, 0.1) is 0 Å². The molecule has 0 fully saturated rings. The number of aromatic nitrogens is 2. The smallest absolute Gasteiger partial charge is 0.257 e. The molecule has 4 rings (SSSR count). The van der Waals surface area contributed by atoms with Gasteiger partial charge in [0.15, 0.2) is 11.5 Å². The van der Waals surface area contributed by atoms with Crippen LogP contribution in [0.15, 0.2) is 71.1 Å². The van der Waals surface area contributed by atoms with E-state index in [1.54, 1.807) is 57.7 Å². The number of hydrogen-bond donors (Lipinski definition) is 0. The molecule has 0 aliphatic carbocycles. The van der Waals surface area contributed by atoms with Gasteiger partial charge >= 0.3 is 0 Å². The van der Waals surface area contributed by atoms with Gasteiger partial charge in [0.25, 0.3) is 5.91 Å². The lowest BCUT2D eigenvalue weighted by atomic mass is 10.1. The Morgan fingerprint density at radius 1 is 0.943 bits per heavy atom. The predicted molar refractivity (Wildman–Crippen MR) is 131 cm³/mol. The molecular formula is C26H24ClN3O5. The minimum absolute atomic E-state index is 0.101. The monoisotopic (exact) mass is 493 g/mol. The van der Waals surface area contributed by atoms with Crippen molar-refractivity contribution in [1.29, 1.82) is 0 Å². The summed E-state index contributed by atoms with van der Waals surface area (Å²) in [5.74, 6) is 1.86. The van der Waals surface area contributed by atoms with Crippen LogP contribution < -0.4 is 14.2 Å². The first-order valence-corrected chi connectivity index (χ1v) is 11.1. The average Bonchev–Trinajstić information content (AvgIpc) is 3.36. The van der Waals surface area contributed by atoms with E-state index in [1.165, 1.54) is 4.90 Å². The number of carbonyl (C=O) groups is 1. The fourth-order valence-corrected chi connectivity index (χ4v) is 3.59. The highest BCUT2D eigenvalue weighted by Gasteiger charge is 2.21. The zero-order valence-corrected chi connectivity index (χ0v) is 20.3. The Morgan fingerprint density at radius 2 is 1.69 bits per heavy atom. The van der Waals surface area contributed by atoms with Crippen LogP contribution in [-0.4, -0.2) is 42.3 Å². The minimum Gasteiger partial charge on any atom is -0.493 e. The van der Waals surface area contributed by atoms with Crippen LogP contribution in [0.1, 0.15) is 21.8 Å². The highest BCUT2D eigenvalue weighted by atomic mass is 35.5. The van der Waals surface area contributed by atoms with Crippen LogP contribution in [0.25, 0.3) is 11.5 Å². The largest absolute Gasteiger partial charge is 0.493 e. The Labute approximate surface area is 208 Å². The van der Waals surface area contributed by atoms with E-state index in [1.807, 2.05) is 30.3 Å². The van der Waals surface area contributed by atoms with Crippen molar-refractivity contribution < 1.29 is 23.4 Å². The molecule has 0 radical (unpaired) electrons. The van der Waals surface area contributed by atoms with Crippen molar-refractivity contribution in [3.8, 4) is 28.7 Å². The van der Waals surface area contributed by atoms with E-state index in [4.69, 9.17) is 30.2 Å². The second-order valence-corrected chi connectivity index (χ2v) is 8.08. The van der Waals surface area contributed by atoms with Crippen molar-refractivity contribution in [1.82, 2.24) is 15.1 Å². The summed E-state index contributed by atoms with van der Waals surface area (Å²) >= 11 is 6.17. The van der Waals surface area contributed by atoms with E-state index in [0.717, 1.165) is 5.56 Å². The van der Waals surface area contributed by atoms with Crippen LogP contribution in [0.2, 0.25) is 5.02 Å². The van der Waals surface area contributed by atoms with E-state index in [2.05, 4.69) is 10.2 Å². The number of hydrogen-bond acceptors (Lipinski definition) is 7. The van der Waals surface area contributed by atoms with Crippen LogP contribution in [0.4, 0.5) is 0 Å². The van der Waals surface area contributed by atoms with Gasteiger partial charge in [0.05, 0.1) is 26.3 Å². The summed E-state index contributed by atoms with van der Waals surface area (Å²) in [6.45, 7) is 0.425. The van der Waals surface area contributed by atoms with Crippen molar-refractivity contribution >= 4 is 17.5 Å². The fourth-order valence-electron chi connectivity index (χ4n) is 3.41. The van der Waals surface area contributed by atoms with E-state index in [9.17, 15) is 4.79 Å². The normalized spacial score (nSPS) is 10.6. The third-order valence-corrected chi connectivity index (χ3v) is 5.46. The van der Waals surface area contributed by atoms with Gasteiger partial charge in [-0.15, -0.1) is 10.2 Å². The molecule has 1 heterocycles. The predicted octanol–water partition coefficient (Wildman–Crippen LogP) is 5.26. The lowest BCUT2D eigenvalue weighted by molar-refractivity contribution is 0.0768. The lowest BCUT2D eigenvalue weighted by Crippen LogP contribution is -2.27. The zero-order chi connectivity index (χ0) is 24.8. The van der Waals surface area contributed by atoms with Crippen molar-refractivity contribution in [2.45, 2.75) is 13.2 Å². The molecule has 1 aromatic heterocycles. The highest BCUT2D eigenvalue weighted by Crippen LogP contribution is 2.32. The molecular weight excluding hydrogens is 470 g/mol. The number of amides is 1. The molecule has 0 atom stereocenters. The van der Waals surface area contributed by atoms with Gasteiger partial charge in [-0.25, -0.2) is 0 Å². The molecule has 0 saturated carbocycles. The van der Waals surface area contributed by atoms with Gasteiger partial charge in [0.1, 0.15) is 12.4 Å². The maximum absolute atomic E-state index is 13.2. The van der Waals surface area contributed by atoms with Crippen LogP contribution in [0.5, 0.6) is 17.2 Å². The van der Waals surface area contributed by atoms with E-state index in [-0.39, 0.29) is 18.3 Å². The molecule has 0 N–H and O–H groups in total. The molecule has 0 spiro atoms. The van der Waals surface area contributed by atoms with Crippen molar-refractivity contribution in [2.24, 2.45) is 0 Å². The second kappa shape index (κ2) is 10.9. The second-order valence-electron chi connectivity index (χ2n) is 7.65. The Morgan fingerprint density at radius 3 is 2.43 bits per heavy atom. The summed E-state index contributed by atoms with van der Waals surface area (Å²) in [5, 5.41) is 8.62. The first-order chi connectivity index (χ1) is 17.0. The van der Waals surface area contributed by atoms with Crippen molar-refractivity contribution in [2.75, 3.05) is 21.3 Å². The molecule has 180 valence electrons. The maximum atomic E-state index is 13.2. The number of ether oxygens (including phenoxy) is 3. The molecule has 0 aliphatic rings. The first kappa shape index (κ1) is 24.1. The van der Waals surface area contributed by atoms with Gasteiger partial charge in [-0.05, 0) is 42.0 Å². The van der Waals surface area contributed by atoms with Gasteiger partial charge in [0.2, 0.25) is 11.8 Å². The summed E-state index contributed by atoms with van der Waals surface area (Å²) in [4.78, 5) is 14.7. The molecule has 4 aromatic rings. The number of nitrogens with zero attached hydrogens (tertiary/aromatic N) is 3. The summed E-state index contributed by atoms with van der Waals surface area (Å²) in [7, 11) is 4.76. The Bertz CT molecular complexity index is 1310. The average molecular weight is 494 g/mol. The summed E-state index contributed by atoms with van der Waals surface area (Å²) < 4.78 is 22.3. The molecule has 8 nitrogen and oxygen atoms in total. The summed E-state index contributed by atoms with van der Waals surface area (Å²) in [6, 6.07) is 20.0. The molecule has 0 saturated heterocycles. The maximum Gasteiger partial charge on any atom is 0.257 e. The van der Waals surface area contributed by atoms with Gasteiger partial charge in [0, 0.05) is 17.6 Å². The molecule has 0 aliphatic heterocycles. The molecule has 0 unspecified atom stereocenters. The topological polar surface area (TPSA) is 86.9 Å². The minimum atomic E-state index is -0.290. The third-order valence-electron chi connectivity index (χ3n) is 5.23. The zero-order valence-electron chi connectivity index (χ0n) is 19.5. The van der Waals surface area contributed by atoms with E-state index >= 15 is 0 Å². The Balaban J connectivity index is 1.48.